The average Bonchev–Trinajstić information content (AvgIpc) is 3.00. The summed E-state index contributed by atoms with van der Waals surface area (Å²) in [6, 6.07) is 14.2. The van der Waals surface area contributed by atoms with Gasteiger partial charge in [0.2, 0.25) is 0 Å². The topological polar surface area (TPSA) is 42.7 Å². The Balaban J connectivity index is 1.93. The van der Waals surface area contributed by atoms with Crippen LogP contribution in [0.1, 0.15) is 19.4 Å². The zero-order valence-corrected chi connectivity index (χ0v) is 13.6. The zero-order valence-electron chi connectivity index (χ0n) is 13.6. The molecule has 0 bridgehead atoms. The molecule has 3 aromatic rings. The fourth-order valence-electron chi connectivity index (χ4n) is 2.49. The highest BCUT2D eigenvalue weighted by molar-refractivity contribution is 5.62. The second kappa shape index (κ2) is 7.20. The van der Waals surface area contributed by atoms with Crippen molar-refractivity contribution in [1.29, 1.82) is 0 Å². The zero-order chi connectivity index (χ0) is 16.1. The number of pyridine rings is 1. The van der Waals surface area contributed by atoms with Crippen molar-refractivity contribution in [3.8, 4) is 16.9 Å². The number of benzene rings is 1. The van der Waals surface area contributed by atoms with E-state index in [0.717, 1.165) is 30.0 Å². The van der Waals surface area contributed by atoms with Gasteiger partial charge in [-0.25, -0.2) is 4.68 Å². The molecule has 3 rings (SSSR count). The summed E-state index contributed by atoms with van der Waals surface area (Å²) in [6.45, 7) is 6.21. The maximum Gasteiger partial charge on any atom is 0.0988 e. The molecule has 0 unspecified atom stereocenters. The Hall–Kier alpha value is -2.46. The lowest BCUT2D eigenvalue weighted by Gasteiger charge is -2.07. The van der Waals surface area contributed by atoms with Gasteiger partial charge in [0, 0.05) is 36.3 Å². The molecule has 0 amide bonds. The Bertz CT molecular complexity index is 733. The molecule has 0 fully saturated rings. The minimum absolute atomic E-state index is 0.626. The lowest BCUT2D eigenvalue weighted by molar-refractivity contribution is 0.552. The number of nitrogens with zero attached hydrogens (tertiary/aromatic N) is 3. The number of rotatable bonds is 6. The summed E-state index contributed by atoms with van der Waals surface area (Å²) in [7, 11) is 0. The lowest BCUT2D eigenvalue weighted by atomic mass is 10.1. The van der Waals surface area contributed by atoms with Crippen LogP contribution in [-0.2, 0) is 6.54 Å². The standard InChI is InChI=1S/C19H22N4/c1-15(2)11-21-13-17-14-23(18-8-4-3-5-9-18)22-19(17)16-7-6-10-20-12-16/h3-10,12,14-15,21H,11,13H2,1-2H3. The first-order valence-corrected chi connectivity index (χ1v) is 7.99. The summed E-state index contributed by atoms with van der Waals surface area (Å²) < 4.78 is 1.94. The second-order valence-corrected chi connectivity index (χ2v) is 6.05. The van der Waals surface area contributed by atoms with Gasteiger partial charge in [0.1, 0.15) is 0 Å². The van der Waals surface area contributed by atoms with E-state index in [-0.39, 0.29) is 0 Å². The van der Waals surface area contributed by atoms with Gasteiger partial charge in [-0.05, 0) is 36.7 Å². The molecular formula is C19H22N4. The molecule has 0 aliphatic heterocycles. The van der Waals surface area contributed by atoms with Gasteiger partial charge in [-0.2, -0.15) is 5.10 Å². The molecule has 4 nitrogen and oxygen atoms in total. The van der Waals surface area contributed by atoms with Crippen LogP contribution in [0.4, 0.5) is 0 Å². The van der Waals surface area contributed by atoms with Gasteiger partial charge in [-0.1, -0.05) is 32.0 Å². The predicted molar refractivity (Wildman–Crippen MR) is 93.3 cm³/mol. The fraction of sp³-hybridized carbons (Fsp3) is 0.263. The molecule has 0 aliphatic carbocycles. The molecule has 0 spiro atoms. The number of aromatic nitrogens is 3. The minimum Gasteiger partial charge on any atom is -0.312 e. The first-order chi connectivity index (χ1) is 11.2. The molecule has 118 valence electrons. The molecule has 4 heteroatoms. The molecule has 2 heterocycles. The Morgan fingerprint density at radius 2 is 1.91 bits per heavy atom. The van der Waals surface area contributed by atoms with Gasteiger partial charge in [0.15, 0.2) is 0 Å². The maximum atomic E-state index is 4.79. The van der Waals surface area contributed by atoms with Crippen LogP contribution in [0.25, 0.3) is 16.9 Å². The summed E-state index contributed by atoms with van der Waals surface area (Å²) in [5.74, 6) is 0.626. The summed E-state index contributed by atoms with van der Waals surface area (Å²) in [4.78, 5) is 4.22. The van der Waals surface area contributed by atoms with Crippen LogP contribution in [0.5, 0.6) is 0 Å². The van der Waals surface area contributed by atoms with Crippen molar-refractivity contribution in [1.82, 2.24) is 20.1 Å². The van der Waals surface area contributed by atoms with E-state index in [9.17, 15) is 0 Å². The van der Waals surface area contributed by atoms with Crippen molar-refractivity contribution in [3.05, 3.63) is 66.6 Å². The third-order valence-corrected chi connectivity index (χ3v) is 3.61. The highest BCUT2D eigenvalue weighted by atomic mass is 15.3. The van der Waals surface area contributed by atoms with Crippen molar-refractivity contribution in [2.75, 3.05) is 6.54 Å². The fourth-order valence-corrected chi connectivity index (χ4v) is 2.49. The van der Waals surface area contributed by atoms with Gasteiger partial charge in [-0.3, -0.25) is 4.98 Å². The first-order valence-electron chi connectivity index (χ1n) is 7.99. The smallest absolute Gasteiger partial charge is 0.0988 e. The molecule has 23 heavy (non-hydrogen) atoms. The molecule has 0 radical (unpaired) electrons. The van der Waals surface area contributed by atoms with E-state index in [4.69, 9.17) is 5.10 Å². The van der Waals surface area contributed by atoms with Gasteiger partial charge in [-0.15, -0.1) is 0 Å². The molecule has 0 saturated heterocycles. The molecule has 1 N–H and O–H groups in total. The molecule has 1 aromatic carbocycles. The van der Waals surface area contributed by atoms with Crippen molar-refractivity contribution in [2.24, 2.45) is 5.92 Å². The van der Waals surface area contributed by atoms with Crippen LogP contribution in [0.3, 0.4) is 0 Å². The number of hydrogen-bond donors (Lipinski definition) is 1. The minimum atomic E-state index is 0.626. The highest BCUT2D eigenvalue weighted by Gasteiger charge is 2.12. The van der Waals surface area contributed by atoms with Crippen LogP contribution < -0.4 is 5.32 Å². The SMILES string of the molecule is CC(C)CNCc1cn(-c2ccccc2)nc1-c1cccnc1. The van der Waals surface area contributed by atoms with Crippen LogP contribution in [0, 0.1) is 5.92 Å². The normalized spacial score (nSPS) is 11.1. The number of hydrogen-bond acceptors (Lipinski definition) is 3. The van der Waals surface area contributed by atoms with Crippen LogP contribution in [0.2, 0.25) is 0 Å². The van der Waals surface area contributed by atoms with E-state index < -0.39 is 0 Å². The quantitative estimate of drug-likeness (QED) is 0.755. The highest BCUT2D eigenvalue weighted by Crippen LogP contribution is 2.23. The molecule has 0 aliphatic rings. The largest absolute Gasteiger partial charge is 0.312 e. The Morgan fingerprint density at radius 3 is 2.61 bits per heavy atom. The molecular weight excluding hydrogens is 284 g/mol. The van der Waals surface area contributed by atoms with Gasteiger partial charge in [0.05, 0.1) is 11.4 Å². The Morgan fingerprint density at radius 1 is 1.09 bits per heavy atom. The van der Waals surface area contributed by atoms with Crippen molar-refractivity contribution in [3.63, 3.8) is 0 Å². The van der Waals surface area contributed by atoms with Gasteiger partial charge in [0.25, 0.3) is 0 Å². The van der Waals surface area contributed by atoms with E-state index >= 15 is 0 Å². The van der Waals surface area contributed by atoms with Crippen LogP contribution in [0.15, 0.2) is 61.1 Å². The van der Waals surface area contributed by atoms with E-state index in [0.29, 0.717) is 5.92 Å². The van der Waals surface area contributed by atoms with Crippen LogP contribution in [-0.4, -0.2) is 21.3 Å². The van der Waals surface area contributed by atoms with E-state index in [1.54, 1.807) is 6.20 Å². The Kier molecular flexibility index (Phi) is 4.83. The van der Waals surface area contributed by atoms with Crippen molar-refractivity contribution >= 4 is 0 Å². The molecule has 0 atom stereocenters. The molecule has 2 aromatic heterocycles. The summed E-state index contributed by atoms with van der Waals surface area (Å²) in [5.41, 5.74) is 4.27. The van der Waals surface area contributed by atoms with Crippen molar-refractivity contribution < 1.29 is 0 Å². The Labute approximate surface area is 137 Å². The summed E-state index contributed by atoms with van der Waals surface area (Å²) in [6.07, 6.45) is 5.75. The van der Waals surface area contributed by atoms with E-state index in [1.165, 1.54) is 5.56 Å². The third-order valence-electron chi connectivity index (χ3n) is 3.61. The summed E-state index contributed by atoms with van der Waals surface area (Å²) >= 11 is 0. The summed E-state index contributed by atoms with van der Waals surface area (Å²) in [5, 5.41) is 8.29. The average molecular weight is 306 g/mol. The van der Waals surface area contributed by atoms with E-state index in [1.807, 2.05) is 35.1 Å². The lowest BCUT2D eigenvalue weighted by Crippen LogP contribution is -2.19. The molecule has 0 saturated carbocycles. The first kappa shape index (κ1) is 15.4. The number of nitrogens with one attached hydrogen (secondary N) is 1. The second-order valence-electron chi connectivity index (χ2n) is 6.05. The van der Waals surface area contributed by atoms with Crippen molar-refractivity contribution in [2.45, 2.75) is 20.4 Å². The van der Waals surface area contributed by atoms with Gasteiger partial charge >= 0.3 is 0 Å². The monoisotopic (exact) mass is 306 g/mol. The van der Waals surface area contributed by atoms with Gasteiger partial charge < -0.3 is 5.32 Å². The predicted octanol–water partition coefficient (Wildman–Crippen LogP) is 3.68. The van der Waals surface area contributed by atoms with E-state index in [2.05, 4.69) is 48.5 Å². The third kappa shape index (κ3) is 3.85. The maximum absolute atomic E-state index is 4.79. The number of para-hydroxylation sites is 1. The van der Waals surface area contributed by atoms with Crippen LogP contribution >= 0.6 is 0 Å².